The number of hydrogen-bond donors (Lipinski definition) is 1. The Hall–Kier alpha value is -2.77. The van der Waals surface area contributed by atoms with Gasteiger partial charge in [0, 0.05) is 30.3 Å². The molecule has 3 aromatic rings. The molecule has 3 aromatic heterocycles. The monoisotopic (exact) mass is 434 g/mol. The molecule has 1 aliphatic heterocycles. The Morgan fingerprint density at radius 2 is 1.81 bits per heavy atom. The minimum Gasteiger partial charge on any atom is -0.352 e. The second-order valence-electron chi connectivity index (χ2n) is 8.33. The van der Waals surface area contributed by atoms with Gasteiger partial charge in [0.05, 0.1) is 17.8 Å². The van der Waals surface area contributed by atoms with Crippen LogP contribution in [0.15, 0.2) is 54.9 Å². The summed E-state index contributed by atoms with van der Waals surface area (Å²) in [5, 5.41) is 4.35. The zero-order valence-electron chi connectivity index (χ0n) is 18.6. The van der Waals surface area contributed by atoms with Crippen LogP contribution in [0.2, 0.25) is 0 Å². The van der Waals surface area contributed by atoms with E-state index < -0.39 is 0 Å². The summed E-state index contributed by atoms with van der Waals surface area (Å²) in [6.07, 6.45) is 4.73. The topological polar surface area (TPSA) is 49.2 Å². The second-order valence-corrected chi connectivity index (χ2v) is 8.71. The maximum Gasteiger partial charge on any atom is 0.170 e. The lowest BCUT2D eigenvalue weighted by Gasteiger charge is -2.28. The molecule has 1 fully saturated rings. The normalized spacial score (nSPS) is 18.6. The van der Waals surface area contributed by atoms with Gasteiger partial charge < -0.3 is 19.7 Å². The van der Waals surface area contributed by atoms with Crippen LogP contribution >= 0.6 is 12.2 Å². The smallest absolute Gasteiger partial charge is 0.170 e. The van der Waals surface area contributed by atoms with Gasteiger partial charge in [0.1, 0.15) is 5.82 Å². The summed E-state index contributed by atoms with van der Waals surface area (Å²) in [5.41, 5.74) is 4.62. The third-order valence-corrected chi connectivity index (χ3v) is 6.22. The third kappa shape index (κ3) is 4.34. The predicted molar refractivity (Wildman–Crippen MR) is 128 cm³/mol. The van der Waals surface area contributed by atoms with Crippen LogP contribution < -0.4 is 5.32 Å². The summed E-state index contributed by atoms with van der Waals surface area (Å²) in [5.74, 6) is 0.936. The van der Waals surface area contributed by atoms with Crippen LogP contribution in [-0.4, -0.2) is 56.6 Å². The number of aryl methyl sites for hydroxylation is 1. The molecular weight excluding hydrogens is 404 g/mol. The first-order valence-corrected chi connectivity index (χ1v) is 11.1. The maximum absolute atomic E-state index is 5.80. The fourth-order valence-electron chi connectivity index (χ4n) is 4.47. The Labute approximate surface area is 189 Å². The van der Waals surface area contributed by atoms with E-state index in [9.17, 15) is 0 Å². The number of pyridine rings is 2. The van der Waals surface area contributed by atoms with E-state index in [1.807, 2.05) is 42.7 Å². The van der Waals surface area contributed by atoms with Gasteiger partial charge in [-0.15, -0.1) is 0 Å². The predicted octanol–water partition coefficient (Wildman–Crippen LogP) is 3.81. The summed E-state index contributed by atoms with van der Waals surface area (Å²) in [4.78, 5) is 13.8. The van der Waals surface area contributed by atoms with Crippen molar-refractivity contribution in [3.05, 3.63) is 77.5 Å². The number of nitrogens with zero attached hydrogens (tertiary/aromatic N) is 5. The molecule has 0 aromatic carbocycles. The SMILES string of the molecule is Cc1cc([C@@H]2[C@@H](c3ccccn3)NC(=S)N2CCCN(C)C)c(C)n1-c1ccccn1. The zero-order valence-corrected chi connectivity index (χ0v) is 19.4. The molecule has 4 heterocycles. The molecule has 0 radical (unpaired) electrons. The first kappa shape index (κ1) is 21.5. The molecule has 7 heteroatoms. The summed E-state index contributed by atoms with van der Waals surface area (Å²) in [7, 11) is 4.21. The minimum atomic E-state index is 0.00531. The van der Waals surface area contributed by atoms with Crippen molar-refractivity contribution in [3.63, 3.8) is 0 Å². The van der Waals surface area contributed by atoms with E-state index in [1.165, 1.54) is 11.3 Å². The quantitative estimate of drug-likeness (QED) is 0.571. The molecule has 1 saturated heterocycles. The van der Waals surface area contributed by atoms with Crippen molar-refractivity contribution >= 4 is 17.3 Å². The fourth-order valence-corrected chi connectivity index (χ4v) is 4.80. The molecule has 0 unspecified atom stereocenters. The lowest BCUT2D eigenvalue weighted by atomic mass is 9.96. The van der Waals surface area contributed by atoms with E-state index in [0.717, 1.165) is 41.8 Å². The highest BCUT2D eigenvalue weighted by Crippen LogP contribution is 2.41. The molecule has 0 aliphatic carbocycles. The van der Waals surface area contributed by atoms with Crippen LogP contribution in [0.4, 0.5) is 0 Å². The molecule has 31 heavy (non-hydrogen) atoms. The lowest BCUT2D eigenvalue weighted by Crippen LogP contribution is -2.32. The molecule has 1 aliphatic rings. The number of aromatic nitrogens is 3. The van der Waals surface area contributed by atoms with E-state index in [2.05, 4.69) is 69.7 Å². The van der Waals surface area contributed by atoms with Crippen LogP contribution in [0.25, 0.3) is 5.82 Å². The number of rotatable bonds is 7. The number of thiocarbonyl (C=S) groups is 1. The van der Waals surface area contributed by atoms with E-state index >= 15 is 0 Å². The molecule has 0 amide bonds. The summed E-state index contributed by atoms with van der Waals surface area (Å²) >= 11 is 5.80. The molecule has 0 saturated carbocycles. The minimum absolute atomic E-state index is 0.00531. The van der Waals surface area contributed by atoms with Crippen molar-refractivity contribution in [2.24, 2.45) is 0 Å². The molecular formula is C24H30N6S. The summed E-state index contributed by atoms with van der Waals surface area (Å²) < 4.78 is 2.23. The number of nitrogens with one attached hydrogen (secondary N) is 1. The third-order valence-electron chi connectivity index (χ3n) is 5.87. The lowest BCUT2D eigenvalue weighted by molar-refractivity contribution is 0.292. The molecule has 6 nitrogen and oxygen atoms in total. The van der Waals surface area contributed by atoms with Gasteiger partial charge in [0.15, 0.2) is 5.11 Å². The zero-order chi connectivity index (χ0) is 22.0. The van der Waals surface area contributed by atoms with Crippen LogP contribution in [-0.2, 0) is 0 Å². The molecule has 4 rings (SSSR count). The van der Waals surface area contributed by atoms with Gasteiger partial charge in [-0.2, -0.15) is 0 Å². The van der Waals surface area contributed by atoms with Crippen molar-refractivity contribution in [1.29, 1.82) is 0 Å². The number of hydrogen-bond acceptors (Lipinski definition) is 4. The average molecular weight is 435 g/mol. The standard InChI is InChI=1S/C24H30N6S/c1-17-16-19(18(2)30(17)21-11-6-8-13-26-21)23-22(20-10-5-7-12-25-20)27-24(31)29(23)15-9-14-28(3)4/h5-8,10-13,16,22-23H,9,14-15H2,1-4H3,(H,27,31)/t22-,23-/m1/s1. The maximum atomic E-state index is 5.80. The van der Waals surface area contributed by atoms with Crippen molar-refractivity contribution in [3.8, 4) is 5.82 Å². The van der Waals surface area contributed by atoms with Crippen molar-refractivity contribution in [1.82, 2.24) is 29.7 Å². The molecule has 2 atom stereocenters. The van der Waals surface area contributed by atoms with E-state index in [1.54, 1.807) is 0 Å². The van der Waals surface area contributed by atoms with Gasteiger partial charge >= 0.3 is 0 Å². The highest BCUT2D eigenvalue weighted by molar-refractivity contribution is 7.80. The van der Waals surface area contributed by atoms with E-state index in [0.29, 0.717) is 0 Å². The van der Waals surface area contributed by atoms with Gasteiger partial charge in [0.25, 0.3) is 0 Å². The molecule has 0 spiro atoms. The molecule has 1 N–H and O–H groups in total. The van der Waals surface area contributed by atoms with Crippen LogP contribution in [0.5, 0.6) is 0 Å². The molecule has 0 bridgehead atoms. The fraction of sp³-hybridized carbons (Fsp3) is 0.375. The Morgan fingerprint density at radius 3 is 2.45 bits per heavy atom. The van der Waals surface area contributed by atoms with E-state index in [4.69, 9.17) is 12.2 Å². The van der Waals surface area contributed by atoms with Crippen molar-refractivity contribution in [2.75, 3.05) is 27.2 Å². The van der Waals surface area contributed by atoms with Crippen LogP contribution in [0.3, 0.4) is 0 Å². The Bertz CT molecular complexity index is 1030. The van der Waals surface area contributed by atoms with Gasteiger partial charge in [0.2, 0.25) is 0 Å². The highest BCUT2D eigenvalue weighted by atomic mass is 32.1. The summed E-state index contributed by atoms with van der Waals surface area (Å²) in [6.45, 7) is 6.22. The second kappa shape index (κ2) is 9.16. The molecule has 162 valence electrons. The van der Waals surface area contributed by atoms with Crippen molar-refractivity contribution in [2.45, 2.75) is 32.4 Å². The van der Waals surface area contributed by atoms with E-state index in [-0.39, 0.29) is 12.1 Å². The Kier molecular flexibility index (Phi) is 6.34. The first-order chi connectivity index (χ1) is 15.0. The van der Waals surface area contributed by atoms with Crippen LogP contribution in [0.1, 0.15) is 41.1 Å². The van der Waals surface area contributed by atoms with Gasteiger partial charge in [-0.3, -0.25) is 4.98 Å². The largest absolute Gasteiger partial charge is 0.352 e. The Balaban J connectivity index is 1.76. The average Bonchev–Trinajstić information content (AvgIpc) is 3.24. The Morgan fingerprint density at radius 1 is 1.06 bits per heavy atom. The summed E-state index contributed by atoms with van der Waals surface area (Å²) in [6, 6.07) is 14.4. The van der Waals surface area contributed by atoms with Gasteiger partial charge in [-0.25, -0.2) is 4.98 Å². The van der Waals surface area contributed by atoms with Crippen molar-refractivity contribution < 1.29 is 0 Å². The van der Waals surface area contributed by atoms with Crippen LogP contribution in [0, 0.1) is 13.8 Å². The van der Waals surface area contributed by atoms with Gasteiger partial charge in [-0.05, 0) is 89.0 Å². The highest BCUT2D eigenvalue weighted by Gasteiger charge is 2.41. The van der Waals surface area contributed by atoms with Gasteiger partial charge in [-0.1, -0.05) is 12.1 Å². The first-order valence-electron chi connectivity index (χ1n) is 10.7.